The molecule has 0 bridgehead atoms. The minimum absolute atomic E-state index is 0.00252. The highest BCUT2D eigenvalue weighted by atomic mass is 79.9. The number of hydrogen-bond donors (Lipinski definition) is 1. The SMILES string of the molecule is COc1ccc(C(=O)NC(C)CCS(C)=O)cc1Br. The first-order chi connectivity index (χ1) is 8.93. The summed E-state index contributed by atoms with van der Waals surface area (Å²) in [6.07, 6.45) is 2.36. The van der Waals surface area contributed by atoms with Gasteiger partial charge in [-0.25, -0.2) is 0 Å². The Bertz CT molecular complexity index is 479. The molecule has 6 heteroatoms. The van der Waals surface area contributed by atoms with Gasteiger partial charge in [-0.15, -0.1) is 0 Å². The second-order valence-corrected chi connectivity index (χ2v) is 6.70. The highest BCUT2D eigenvalue weighted by Gasteiger charge is 2.12. The third-order valence-corrected chi connectivity index (χ3v) is 4.06. The van der Waals surface area contributed by atoms with Crippen molar-refractivity contribution < 1.29 is 13.7 Å². The monoisotopic (exact) mass is 347 g/mol. The van der Waals surface area contributed by atoms with Crippen molar-refractivity contribution in [2.75, 3.05) is 19.1 Å². The van der Waals surface area contributed by atoms with Gasteiger partial charge in [-0.1, -0.05) is 0 Å². The zero-order chi connectivity index (χ0) is 14.4. The Balaban J connectivity index is 2.62. The van der Waals surface area contributed by atoms with Crippen LogP contribution in [-0.4, -0.2) is 35.3 Å². The predicted molar refractivity (Wildman–Crippen MR) is 81.2 cm³/mol. The van der Waals surface area contributed by atoms with Crippen LogP contribution in [0.25, 0.3) is 0 Å². The molecule has 1 rings (SSSR count). The van der Waals surface area contributed by atoms with Crippen molar-refractivity contribution >= 4 is 32.6 Å². The minimum Gasteiger partial charge on any atom is -0.496 e. The van der Waals surface area contributed by atoms with Crippen molar-refractivity contribution in [2.45, 2.75) is 19.4 Å². The zero-order valence-corrected chi connectivity index (χ0v) is 13.6. The van der Waals surface area contributed by atoms with E-state index < -0.39 is 10.8 Å². The molecular formula is C13H18BrNO3S. The minimum atomic E-state index is -0.829. The van der Waals surface area contributed by atoms with Crippen LogP contribution in [-0.2, 0) is 10.8 Å². The largest absolute Gasteiger partial charge is 0.496 e. The van der Waals surface area contributed by atoms with Crippen LogP contribution >= 0.6 is 15.9 Å². The molecular weight excluding hydrogens is 330 g/mol. The van der Waals surface area contributed by atoms with Crippen molar-refractivity contribution in [1.82, 2.24) is 5.32 Å². The number of nitrogens with one attached hydrogen (secondary N) is 1. The molecule has 0 aliphatic carbocycles. The van der Waals surface area contributed by atoms with Gasteiger partial charge in [0, 0.05) is 34.4 Å². The van der Waals surface area contributed by atoms with Crippen LogP contribution in [0.3, 0.4) is 0 Å². The fourth-order valence-electron chi connectivity index (χ4n) is 1.53. The number of methoxy groups -OCH3 is 1. The van der Waals surface area contributed by atoms with Crippen LogP contribution in [0.5, 0.6) is 5.75 Å². The number of halogens is 1. The van der Waals surface area contributed by atoms with Gasteiger partial charge in [0.15, 0.2) is 0 Å². The summed E-state index contributed by atoms with van der Waals surface area (Å²) >= 11 is 3.35. The first-order valence-corrected chi connectivity index (χ1v) is 8.40. The molecule has 0 aliphatic rings. The van der Waals surface area contributed by atoms with Gasteiger partial charge in [-0.2, -0.15) is 0 Å². The second kappa shape index (κ2) is 7.65. The lowest BCUT2D eigenvalue weighted by Crippen LogP contribution is -2.33. The lowest BCUT2D eigenvalue weighted by molar-refractivity contribution is 0.0939. The smallest absolute Gasteiger partial charge is 0.251 e. The topological polar surface area (TPSA) is 55.4 Å². The van der Waals surface area contributed by atoms with Crippen molar-refractivity contribution in [3.63, 3.8) is 0 Å². The van der Waals surface area contributed by atoms with Crippen molar-refractivity contribution in [3.05, 3.63) is 28.2 Å². The molecule has 106 valence electrons. The predicted octanol–water partition coefficient (Wildman–Crippen LogP) is 2.34. The highest BCUT2D eigenvalue weighted by molar-refractivity contribution is 9.10. The van der Waals surface area contributed by atoms with E-state index in [1.165, 1.54) is 0 Å². The molecule has 1 N–H and O–H groups in total. The molecule has 1 aromatic carbocycles. The number of ether oxygens (including phenoxy) is 1. The quantitative estimate of drug-likeness (QED) is 0.859. The number of carbonyl (C=O) groups excluding carboxylic acids is 1. The van der Waals surface area contributed by atoms with E-state index in [4.69, 9.17) is 4.74 Å². The number of benzene rings is 1. The first kappa shape index (κ1) is 16.2. The van der Waals surface area contributed by atoms with E-state index in [2.05, 4.69) is 21.2 Å². The fraction of sp³-hybridized carbons (Fsp3) is 0.462. The van der Waals surface area contributed by atoms with Crippen LogP contribution in [0, 0.1) is 0 Å². The van der Waals surface area contributed by atoms with Gasteiger partial charge >= 0.3 is 0 Å². The average molecular weight is 348 g/mol. The van der Waals surface area contributed by atoms with Crippen LogP contribution in [0.4, 0.5) is 0 Å². The Kier molecular flexibility index (Phi) is 6.51. The van der Waals surface area contributed by atoms with E-state index in [0.29, 0.717) is 23.5 Å². The summed E-state index contributed by atoms with van der Waals surface area (Å²) < 4.78 is 16.9. The van der Waals surface area contributed by atoms with E-state index >= 15 is 0 Å². The third kappa shape index (κ3) is 5.32. The Morgan fingerprint density at radius 3 is 2.74 bits per heavy atom. The molecule has 0 saturated heterocycles. The maximum absolute atomic E-state index is 12.0. The van der Waals surface area contributed by atoms with Crippen molar-refractivity contribution in [2.24, 2.45) is 0 Å². The molecule has 4 nitrogen and oxygen atoms in total. The third-order valence-electron chi connectivity index (χ3n) is 2.63. The van der Waals surface area contributed by atoms with Crippen LogP contribution in [0.1, 0.15) is 23.7 Å². The molecule has 0 aliphatic heterocycles. The molecule has 0 fully saturated rings. The van der Waals surface area contributed by atoms with Crippen LogP contribution < -0.4 is 10.1 Å². The van der Waals surface area contributed by atoms with E-state index in [0.717, 1.165) is 4.47 Å². The van der Waals surface area contributed by atoms with Gasteiger partial charge in [0.1, 0.15) is 5.75 Å². The maximum atomic E-state index is 12.0. The van der Waals surface area contributed by atoms with Gasteiger partial charge in [0.2, 0.25) is 0 Å². The fourth-order valence-corrected chi connectivity index (χ4v) is 2.76. The van der Waals surface area contributed by atoms with E-state index in [9.17, 15) is 9.00 Å². The molecule has 1 aromatic rings. The number of carbonyl (C=O) groups is 1. The molecule has 0 radical (unpaired) electrons. The summed E-state index contributed by atoms with van der Waals surface area (Å²) in [6, 6.07) is 5.17. The van der Waals surface area contributed by atoms with Gasteiger partial charge in [-0.05, 0) is 47.5 Å². The second-order valence-electron chi connectivity index (χ2n) is 4.29. The van der Waals surface area contributed by atoms with Gasteiger partial charge < -0.3 is 10.1 Å². The Morgan fingerprint density at radius 2 is 2.21 bits per heavy atom. The van der Waals surface area contributed by atoms with Gasteiger partial charge in [-0.3, -0.25) is 9.00 Å². The first-order valence-electron chi connectivity index (χ1n) is 5.88. The summed E-state index contributed by atoms with van der Waals surface area (Å²) in [5.74, 6) is 1.14. The van der Waals surface area contributed by atoms with Crippen molar-refractivity contribution in [1.29, 1.82) is 0 Å². The Morgan fingerprint density at radius 1 is 1.53 bits per heavy atom. The normalized spacial score (nSPS) is 13.7. The number of hydrogen-bond acceptors (Lipinski definition) is 3. The molecule has 1 amide bonds. The van der Waals surface area contributed by atoms with E-state index in [-0.39, 0.29) is 11.9 Å². The van der Waals surface area contributed by atoms with E-state index in [1.807, 2.05) is 6.92 Å². The molecule has 0 heterocycles. The molecule has 19 heavy (non-hydrogen) atoms. The number of rotatable bonds is 6. The summed E-state index contributed by atoms with van der Waals surface area (Å²) in [6.45, 7) is 1.91. The lowest BCUT2D eigenvalue weighted by Gasteiger charge is -2.13. The van der Waals surface area contributed by atoms with E-state index in [1.54, 1.807) is 31.6 Å². The zero-order valence-electron chi connectivity index (χ0n) is 11.2. The average Bonchev–Trinajstić information content (AvgIpc) is 2.36. The van der Waals surface area contributed by atoms with Gasteiger partial charge in [0.05, 0.1) is 11.6 Å². The molecule has 2 unspecified atom stereocenters. The highest BCUT2D eigenvalue weighted by Crippen LogP contribution is 2.25. The number of amides is 1. The summed E-state index contributed by atoms with van der Waals surface area (Å²) in [7, 11) is 0.747. The molecule has 0 aromatic heterocycles. The van der Waals surface area contributed by atoms with Crippen LogP contribution in [0.15, 0.2) is 22.7 Å². The van der Waals surface area contributed by atoms with Crippen molar-refractivity contribution in [3.8, 4) is 5.75 Å². The summed E-state index contributed by atoms with van der Waals surface area (Å²) in [5, 5.41) is 2.88. The molecule has 0 saturated carbocycles. The van der Waals surface area contributed by atoms with Gasteiger partial charge in [0.25, 0.3) is 5.91 Å². The maximum Gasteiger partial charge on any atom is 0.251 e. The lowest BCUT2D eigenvalue weighted by atomic mass is 10.2. The summed E-state index contributed by atoms with van der Waals surface area (Å²) in [5.41, 5.74) is 0.567. The molecule has 0 spiro atoms. The molecule has 2 atom stereocenters. The van der Waals surface area contributed by atoms with Crippen LogP contribution in [0.2, 0.25) is 0 Å². The standard InChI is InChI=1S/C13H18BrNO3S/c1-9(6-7-19(3)17)15-13(16)10-4-5-12(18-2)11(14)8-10/h4-5,8-9H,6-7H2,1-3H3,(H,15,16). The Hall–Kier alpha value is -0.880. The summed E-state index contributed by atoms with van der Waals surface area (Å²) in [4.78, 5) is 12.0. The Labute approximate surface area is 124 Å².